The Morgan fingerprint density at radius 3 is 2.48 bits per heavy atom. The van der Waals surface area contributed by atoms with E-state index in [1.54, 1.807) is 11.9 Å². The highest BCUT2D eigenvalue weighted by atomic mass is 16.5. The molecule has 2 atom stereocenters. The predicted octanol–water partition coefficient (Wildman–Crippen LogP) is 4.22. The molecular weight excluding hydrogens is 414 g/mol. The molecular formula is C27H35N3O3. The minimum atomic E-state index is -0.452. The number of amides is 2. The molecule has 0 aliphatic carbocycles. The van der Waals surface area contributed by atoms with Gasteiger partial charge in [0.15, 0.2) is 6.61 Å². The maximum atomic E-state index is 13.3. The van der Waals surface area contributed by atoms with E-state index in [2.05, 4.69) is 37.1 Å². The van der Waals surface area contributed by atoms with Crippen molar-refractivity contribution in [3.05, 3.63) is 53.6 Å². The molecule has 0 N–H and O–H groups in total. The van der Waals surface area contributed by atoms with Crippen LogP contribution in [-0.4, -0.2) is 56.5 Å². The van der Waals surface area contributed by atoms with Crippen molar-refractivity contribution in [1.29, 1.82) is 0 Å². The van der Waals surface area contributed by atoms with Crippen molar-refractivity contribution >= 4 is 23.2 Å². The van der Waals surface area contributed by atoms with E-state index in [1.807, 2.05) is 49.9 Å². The van der Waals surface area contributed by atoms with E-state index < -0.39 is 5.41 Å². The number of anilines is 2. The van der Waals surface area contributed by atoms with Gasteiger partial charge >= 0.3 is 0 Å². The van der Waals surface area contributed by atoms with Crippen molar-refractivity contribution in [2.75, 3.05) is 43.6 Å². The van der Waals surface area contributed by atoms with Gasteiger partial charge in [0.2, 0.25) is 5.91 Å². The molecule has 0 bridgehead atoms. The number of rotatable bonds is 4. The van der Waals surface area contributed by atoms with Crippen LogP contribution in [0.1, 0.15) is 44.2 Å². The Hall–Kier alpha value is -2.86. The Morgan fingerprint density at radius 2 is 1.82 bits per heavy atom. The van der Waals surface area contributed by atoms with Gasteiger partial charge in [-0.15, -0.1) is 0 Å². The second-order valence-corrected chi connectivity index (χ2v) is 10.4. The molecule has 33 heavy (non-hydrogen) atoms. The Bertz CT molecular complexity index is 1040. The molecule has 0 spiro atoms. The normalized spacial score (nSPS) is 20.2. The van der Waals surface area contributed by atoms with Gasteiger partial charge in [0.05, 0.1) is 0 Å². The minimum absolute atomic E-state index is 0.0114. The first kappa shape index (κ1) is 23.3. The van der Waals surface area contributed by atoms with Crippen LogP contribution < -0.4 is 14.5 Å². The molecule has 2 heterocycles. The summed E-state index contributed by atoms with van der Waals surface area (Å²) in [7, 11) is 3.92. The largest absolute Gasteiger partial charge is 0.484 e. The van der Waals surface area contributed by atoms with E-state index in [0.29, 0.717) is 11.7 Å². The summed E-state index contributed by atoms with van der Waals surface area (Å²) in [5, 5.41) is 0. The van der Waals surface area contributed by atoms with Crippen molar-refractivity contribution in [2.45, 2.75) is 46.1 Å². The smallest absolute Gasteiger partial charge is 0.265 e. The van der Waals surface area contributed by atoms with Crippen LogP contribution in [0.5, 0.6) is 5.75 Å². The van der Waals surface area contributed by atoms with E-state index in [0.717, 1.165) is 30.9 Å². The van der Waals surface area contributed by atoms with Gasteiger partial charge < -0.3 is 19.4 Å². The molecule has 2 amide bonds. The Morgan fingerprint density at radius 1 is 1.12 bits per heavy atom. The number of benzene rings is 2. The lowest BCUT2D eigenvalue weighted by Gasteiger charge is -2.36. The van der Waals surface area contributed by atoms with Gasteiger partial charge in [-0.25, -0.2) is 0 Å². The topological polar surface area (TPSA) is 53.1 Å². The molecule has 2 aromatic rings. The number of piperidine rings is 1. The molecule has 6 nitrogen and oxygen atoms in total. The fourth-order valence-electron chi connectivity index (χ4n) is 5.01. The summed E-state index contributed by atoms with van der Waals surface area (Å²) in [6.07, 6.45) is 0.962. The summed E-state index contributed by atoms with van der Waals surface area (Å²) in [5.74, 6) is 0.993. The average Bonchev–Trinajstić information content (AvgIpc) is 3.09. The van der Waals surface area contributed by atoms with Crippen molar-refractivity contribution in [3.63, 3.8) is 0 Å². The van der Waals surface area contributed by atoms with E-state index in [-0.39, 0.29) is 24.5 Å². The summed E-state index contributed by atoms with van der Waals surface area (Å²) in [6, 6.07) is 13.9. The minimum Gasteiger partial charge on any atom is -0.484 e. The van der Waals surface area contributed by atoms with Crippen LogP contribution in [0.4, 0.5) is 11.4 Å². The van der Waals surface area contributed by atoms with Gasteiger partial charge in [0, 0.05) is 42.3 Å². The van der Waals surface area contributed by atoms with Crippen molar-refractivity contribution < 1.29 is 14.3 Å². The molecule has 1 saturated heterocycles. The number of aryl methyl sites for hydroxylation is 1. The third-order valence-electron chi connectivity index (χ3n) is 6.75. The first-order valence-electron chi connectivity index (χ1n) is 11.7. The van der Waals surface area contributed by atoms with E-state index in [9.17, 15) is 9.59 Å². The van der Waals surface area contributed by atoms with E-state index in [1.165, 1.54) is 11.1 Å². The number of nitrogens with zero attached hydrogens (tertiary/aromatic N) is 3. The summed E-state index contributed by atoms with van der Waals surface area (Å²) >= 11 is 0. The van der Waals surface area contributed by atoms with Gasteiger partial charge in [0.25, 0.3) is 5.91 Å². The summed E-state index contributed by atoms with van der Waals surface area (Å²) in [4.78, 5) is 31.8. The second kappa shape index (κ2) is 8.82. The third-order valence-corrected chi connectivity index (χ3v) is 6.75. The van der Waals surface area contributed by atoms with Crippen molar-refractivity contribution in [2.24, 2.45) is 5.41 Å². The molecule has 1 fully saturated rings. The number of likely N-dealkylation sites (N-methyl/N-ethyl adjacent to an activating group) is 1. The summed E-state index contributed by atoms with van der Waals surface area (Å²) < 4.78 is 5.88. The molecule has 6 heteroatoms. The van der Waals surface area contributed by atoms with Crippen LogP contribution in [-0.2, 0) is 9.59 Å². The lowest BCUT2D eigenvalue weighted by molar-refractivity contribution is -0.125. The highest BCUT2D eigenvalue weighted by molar-refractivity contribution is 5.98. The van der Waals surface area contributed by atoms with Crippen LogP contribution in [0.15, 0.2) is 42.5 Å². The number of likely N-dealkylation sites (tertiary alicyclic amines) is 1. The maximum absolute atomic E-state index is 13.3. The summed E-state index contributed by atoms with van der Waals surface area (Å²) in [6.45, 7) is 9.76. The number of ether oxygens (including phenoxy) is 1. The van der Waals surface area contributed by atoms with Crippen LogP contribution in [0.3, 0.4) is 0 Å². The molecule has 0 radical (unpaired) electrons. The van der Waals surface area contributed by atoms with Crippen LogP contribution >= 0.6 is 0 Å². The Kier molecular flexibility index (Phi) is 6.23. The monoisotopic (exact) mass is 449 g/mol. The van der Waals surface area contributed by atoms with Crippen LogP contribution in [0.2, 0.25) is 0 Å². The Labute approximate surface area is 197 Å². The van der Waals surface area contributed by atoms with Gasteiger partial charge in [0.1, 0.15) is 5.75 Å². The highest BCUT2D eigenvalue weighted by Crippen LogP contribution is 2.45. The van der Waals surface area contributed by atoms with Crippen molar-refractivity contribution in [3.8, 4) is 5.75 Å². The number of carbonyl (C=O) groups is 2. The number of fused-ring (bicyclic) bond motifs is 3. The zero-order valence-corrected chi connectivity index (χ0v) is 20.6. The SMILES string of the molecule is Cc1ccc2c(c1)[C@H]1CN(C)CC[C@@H]1N2C(=O)COc1ccc(N(C)C(=O)C(C)(C)C)cc1. The van der Waals surface area contributed by atoms with Gasteiger partial charge in [-0.05, 0) is 62.8 Å². The standard InChI is InChI=1S/C27H35N3O3/c1-18-7-12-23-21(15-18)22-16-28(5)14-13-24(22)30(23)25(31)17-33-20-10-8-19(9-11-20)29(6)26(32)27(2,3)4/h7-12,15,22,24H,13-14,16-17H2,1-6H3/t22-,24+/m1/s1. The first-order chi connectivity index (χ1) is 15.6. The average molecular weight is 450 g/mol. The van der Waals surface area contributed by atoms with Gasteiger partial charge in [-0.1, -0.05) is 38.5 Å². The lowest BCUT2D eigenvalue weighted by Crippen LogP contribution is -2.48. The third kappa shape index (κ3) is 4.62. The highest BCUT2D eigenvalue weighted by Gasteiger charge is 2.43. The zero-order chi connectivity index (χ0) is 23.9. The molecule has 2 aliphatic heterocycles. The van der Waals surface area contributed by atoms with Crippen molar-refractivity contribution in [1.82, 2.24) is 4.90 Å². The van der Waals surface area contributed by atoms with Gasteiger partial charge in [-0.3, -0.25) is 9.59 Å². The van der Waals surface area contributed by atoms with Gasteiger partial charge in [-0.2, -0.15) is 0 Å². The molecule has 176 valence electrons. The molecule has 2 aliphatic rings. The maximum Gasteiger partial charge on any atom is 0.265 e. The number of carbonyl (C=O) groups excluding carboxylic acids is 2. The van der Waals surface area contributed by atoms with Crippen LogP contribution in [0, 0.1) is 12.3 Å². The molecule has 0 saturated carbocycles. The molecule has 0 aromatic heterocycles. The second-order valence-electron chi connectivity index (χ2n) is 10.4. The molecule has 2 aromatic carbocycles. The molecule has 0 unspecified atom stereocenters. The van der Waals surface area contributed by atoms with E-state index in [4.69, 9.17) is 4.74 Å². The predicted molar refractivity (Wildman–Crippen MR) is 132 cm³/mol. The van der Waals surface area contributed by atoms with Crippen LogP contribution in [0.25, 0.3) is 0 Å². The molecule has 4 rings (SSSR count). The zero-order valence-electron chi connectivity index (χ0n) is 20.6. The quantitative estimate of drug-likeness (QED) is 0.701. The fraction of sp³-hybridized carbons (Fsp3) is 0.481. The fourth-order valence-corrected chi connectivity index (χ4v) is 5.01. The number of hydrogen-bond acceptors (Lipinski definition) is 4. The lowest BCUT2D eigenvalue weighted by atomic mass is 9.89. The van der Waals surface area contributed by atoms with E-state index >= 15 is 0 Å². The number of hydrogen-bond donors (Lipinski definition) is 0. The first-order valence-corrected chi connectivity index (χ1v) is 11.7. The Balaban J connectivity index is 1.45. The summed E-state index contributed by atoms with van der Waals surface area (Å²) in [5.41, 5.74) is 3.87.